The molecule has 1 nitrogen and oxygen atoms in total. The van der Waals surface area contributed by atoms with Crippen LogP contribution in [0.5, 0.6) is 0 Å². The Morgan fingerprint density at radius 3 is 2.00 bits per heavy atom. The van der Waals surface area contributed by atoms with Crippen molar-refractivity contribution in [2.75, 3.05) is 12.8 Å². The molecule has 0 aromatic carbocycles. The third-order valence-corrected chi connectivity index (χ3v) is 2.42. The predicted molar refractivity (Wildman–Crippen MR) is 43.2 cm³/mol. The first kappa shape index (κ1) is 24.0. The zero-order valence-electron chi connectivity index (χ0n) is 7.83. The Labute approximate surface area is 128 Å². The molecule has 0 spiro atoms. The molecule has 2 radical (unpaired) electrons. The summed E-state index contributed by atoms with van der Waals surface area (Å²) in [5.41, 5.74) is 0. The molecule has 0 saturated heterocycles. The quantitative estimate of drug-likeness (QED) is 0.458. The Bertz CT molecular complexity index is 114. The van der Waals surface area contributed by atoms with Crippen LogP contribution in [0.25, 0.3) is 0 Å². The second kappa shape index (κ2) is 13.6. The first-order valence-corrected chi connectivity index (χ1v) is 5.30. The Balaban J connectivity index is -0.000000107. The van der Waals surface area contributed by atoms with Gasteiger partial charge in [-0.25, -0.2) is 0 Å². The van der Waals surface area contributed by atoms with Crippen LogP contribution in [0.1, 0.15) is 13.8 Å². The van der Waals surface area contributed by atoms with E-state index in [0.29, 0.717) is 5.92 Å². The van der Waals surface area contributed by atoms with Crippen molar-refractivity contribution in [3.8, 4) is 0 Å². The molecule has 0 saturated carbocycles. The molecule has 0 amide bonds. The molecule has 0 N–H and O–H groups in total. The van der Waals surface area contributed by atoms with Crippen molar-refractivity contribution in [2.24, 2.45) is 5.92 Å². The normalized spacial score (nSPS) is 13.4. The van der Waals surface area contributed by atoms with E-state index in [9.17, 15) is 4.57 Å². The van der Waals surface area contributed by atoms with Gasteiger partial charge in [0.25, 0.3) is 0 Å². The topological polar surface area (TPSA) is 17.1 Å². The van der Waals surface area contributed by atoms with Crippen LogP contribution in [0, 0.1) is 18.8 Å². The molecule has 0 aliphatic rings. The minimum absolute atomic E-state index is 0. The van der Waals surface area contributed by atoms with Crippen molar-refractivity contribution in [1.82, 2.24) is 0 Å². The van der Waals surface area contributed by atoms with Crippen LogP contribution in [-0.2, 0) is 76.9 Å². The van der Waals surface area contributed by atoms with Crippen LogP contribution in [-0.4, -0.2) is 12.8 Å². The molecule has 0 heterocycles. The predicted octanol–water partition coefficient (Wildman–Crippen LogP) is 2.23. The van der Waals surface area contributed by atoms with E-state index in [1.54, 1.807) is 6.66 Å². The summed E-state index contributed by atoms with van der Waals surface area (Å²) in [6, 6.07) is 0. The summed E-state index contributed by atoms with van der Waals surface area (Å²) in [5, 5.41) is 0. The maximum Gasteiger partial charge on any atom is 0.0454 e. The van der Waals surface area contributed by atoms with Gasteiger partial charge < -0.3 is 23.3 Å². The van der Waals surface area contributed by atoms with Gasteiger partial charge in [0.1, 0.15) is 0 Å². The number of hydrogen-bond acceptors (Lipinski definition) is 1. The largest absolute Gasteiger partial charge is 0.369 e. The van der Waals surface area contributed by atoms with Crippen molar-refractivity contribution in [3.63, 3.8) is 0 Å². The Hall–Kier alpha value is 2.61. The van der Waals surface area contributed by atoms with Gasteiger partial charge in [-0.1, -0.05) is 0 Å². The molecule has 0 aliphatic heterocycles. The van der Waals surface area contributed by atoms with Gasteiger partial charge in [0, 0.05) is 80.1 Å². The molecule has 0 bridgehead atoms. The van der Waals surface area contributed by atoms with E-state index in [-0.39, 0.29) is 72.3 Å². The summed E-state index contributed by atoms with van der Waals surface area (Å²) in [6.07, 6.45) is 0.773. The average Bonchev–Trinajstić information content (AvgIpc) is 1.63. The Morgan fingerprint density at radius 2 is 1.92 bits per heavy atom. The molecule has 12 heavy (non-hydrogen) atoms. The zero-order valence-corrected chi connectivity index (χ0v) is 16.0. The summed E-state index contributed by atoms with van der Waals surface area (Å²) in [4.78, 5) is 0. The van der Waals surface area contributed by atoms with E-state index in [2.05, 4.69) is 6.92 Å². The molecule has 0 aromatic heterocycles. The van der Waals surface area contributed by atoms with Gasteiger partial charge in [0.2, 0.25) is 0 Å². The fraction of sp³-hybridized carbons (Fsp3) is 0.714. The van der Waals surface area contributed by atoms with Crippen LogP contribution in [0.3, 0.4) is 0 Å². The van der Waals surface area contributed by atoms with Crippen LogP contribution >= 0.6 is 7.80 Å². The second-order valence-corrected chi connectivity index (χ2v) is 4.38. The van der Waals surface area contributed by atoms with Gasteiger partial charge in [-0.3, -0.25) is 0 Å². The van der Waals surface area contributed by atoms with Crippen LogP contribution in [0.4, 0.5) is 0 Å². The number of rotatable bonds is 3. The zero-order chi connectivity index (χ0) is 7.44. The monoisotopic (exact) mass is 470 g/mol. The number of hydrogen-bond donors (Lipinski definition) is 0. The fourth-order valence-electron chi connectivity index (χ4n) is 0.567. The third kappa shape index (κ3) is 15.1. The van der Waals surface area contributed by atoms with Gasteiger partial charge in [-0.05, 0) is 6.66 Å². The van der Waals surface area contributed by atoms with Crippen molar-refractivity contribution >= 4 is 7.80 Å². The van der Waals surface area contributed by atoms with Crippen molar-refractivity contribution in [2.45, 2.75) is 13.8 Å². The third-order valence-electron chi connectivity index (χ3n) is 1.37. The molecule has 70 valence electrons. The van der Waals surface area contributed by atoms with Crippen molar-refractivity contribution in [3.05, 3.63) is 12.8 Å². The van der Waals surface area contributed by atoms with Gasteiger partial charge in [0.05, 0.1) is 0 Å². The first-order chi connectivity index (χ1) is 4.04. The second-order valence-electron chi connectivity index (χ2n) is 2.63. The molecule has 0 fully saturated rings. The molecule has 2 unspecified atom stereocenters. The first-order valence-electron chi connectivity index (χ1n) is 3.19. The SMILES string of the molecule is [CH2-]C(C)[C-](C)C[PH](C)=O.[V].[W].[Y]. The van der Waals surface area contributed by atoms with Gasteiger partial charge in [-0.15, -0.1) is 13.1 Å². The summed E-state index contributed by atoms with van der Waals surface area (Å²) < 4.78 is 10.7. The minimum atomic E-state index is -1.31. The summed E-state index contributed by atoms with van der Waals surface area (Å²) in [5.74, 6) is 1.60. The van der Waals surface area contributed by atoms with Gasteiger partial charge in [-0.2, -0.15) is 6.92 Å². The van der Waals surface area contributed by atoms with E-state index < -0.39 is 7.80 Å². The summed E-state index contributed by atoms with van der Waals surface area (Å²) >= 11 is 0. The maximum absolute atomic E-state index is 10.7. The standard InChI is InChI=1S/C7H15OP.V.W.Y/c1-6(2)7(3)5-9(4)8;;;/h6,9H,1,5H2,2-4H3;;;/q-2;;;. The molecular formula is C7H15OPVWY-2. The molecular weight excluding hydrogens is 455 g/mol. The van der Waals surface area contributed by atoms with Gasteiger partial charge in [0.15, 0.2) is 0 Å². The van der Waals surface area contributed by atoms with Crippen molar-refractivity contribution < 1.29 is 76.9 Å². The summed E-state index contributed by atoms with van der Waals surface area (Å²) in [7, 11) is -1.31. The molecule has 2 atom stereocenters. The average molecular weight is 470 g/mol. The van der Waals surface area contributed by atoms with E-state index in [1.807, 2.05) is 13.8 Å². The fourth-order valence-corrected chi connectivity index (χ4v) is 1.70. The molecule has 0 aromatic rings. The maximum atomic E-state index is 10.7. The van der Waals surface area contributed by atoms with E-state index >= 15 is 0 Å². The molecule has 0 rings (SSSR count). The molecule has 0 aliphatic carbocycles. The van der Waals surface area contributed by atoms with E-state index in [0.717, 1.165) is 6.16 Å². The van der Waals surface area contributed by atoms with Gasteiger partial charge >= 0.3 is 0 Å². The van der Waals surface area contributed by atoms with Crippen LogP contribution < -0.4 is 0 Å². The van der Waals surface area contributed by atoms with Crippen LogP contribution in [0.15, 0.2) is 0 Å². The Kier molecular flexibility index (Phi) is 27.3. The summed E-state index contributed by atoms with van der Waals surface area (Å²) in [6.45, 7) is 9.67. The smallest absolute Gasteiger partial charge is 0.0454 e. The minimum Gasteiger partial charge on any atom is -0.369 e. The van der Waals surface area contributed by atoms with E-state index in [4.69, 9.17) is 0 Å². The molecule has 5 heteroatoms. The van der Waals surface area contributed by atoms with Crippen LogP contribution in [0.2, 0.25) is 0 Å². The van der Waals surface area contributed by atoms with E-state index in [1.165, 1.54) is 5.92 Å². The van der Waals surface area contributed by atoms with Crippen molar-refractivity contribution in [1.29, 1.82) is 0 Å². The Morgan fingerprint density at radius 1 is 1.58 bits per heavy atom.